The van der Waals surface area contributed by atoms with Gasteiger partial charge in [-0.05, 0) is 45.2 Å². The van der Waals surface area contributed by atoms with Gasteiger partial charge in [0, 0.05) is 0 Å². The molecule has 1 aromatic carbocycles. The molecule has 0 saturated carbocycles. The van der Waals surface area contributed by atoms with Gasteiger partial charge in [0.05, 0.1) is 0 Å². The number of benzene rings is 1. The van der Waals surface area contributed by atoms with Crippen molar-refractivity contribution in [2.24, 2.45) is 0 Å². The average molecular weight is 363 g/mol. The molecule has 6 nitrogen and oxygen atoms in total. The summed E-state index contributed by atoms with van der Waals surface area (Å²) in [6, 6.07) is 4.11. The van der Waals surface area contributed by atoms with E-state index in [4.69, 9.17) is 4.74 Å². The number of alkyl halides is 3. The van der Waals surface area contributed by atoms with Crippen molar-refractivity contribution >= 4 is 12.1 Å². The van der Waals surface area contributed by atoms with Gasteiger partial charge in [-0.3, -0.25) is 0 Å². The highest BCUT2D eigenvalue weighted by molar-refractivity contribution is 5.80. The lowest BCUT2D eigenvalue weighted by molar-refractivity contribution is -0.274. The summed E-state index contributed by atoms with van der Waals surface area (Å²) in [6.45, 7) is 4.85. The van der Waals surface area contributed by atoms with Gasteiger partial charge in [-0.15, -0.1) is 13.2 Å². The van der Waals surface area contributed by atoms with Crippen LogP contribution in [-0.2, 0) is 16.0 Å². The second-order valence-electron chi connectivity index (χ2n) is 6.23. The van der Waals surface area contributed by atoms with E-state index in [-0.39, 0.29) is 18.4 Å². The number of para-hydroxylation sites is 1. The first-order chi connectivity index (χ1) is 11.4. The number of carboxylic acids is 1. The number of carbonyl (C=O) groups is 2. The monoisotopic (exact) mass is 363 g/mol. The van der Waals surface area contributed by atoms with Crippen LogP contribution in [0.3, 0.4) is 0 Å². The van der Waals surface area contributed by atoms with Gasteiger partial charge < -0.3 is 19.9 Å². The molecule has 0 saturated heterocycles. The van der Waals surface area contributed by atoms with E-state index in [1.165, 1.54) is 18.2 Å². The van der Waals surface area contributed by atoms with E-state index >= 15 is 0 Å². The van der Waals surface area contributed by atoms with Crippen LogP contribution in [0.2, 0.25) is 0 Å². The van der Waals surface area contributed by atoms with Gasteiger partial charge in [0.25, 0.3) is 0 Å². The summed E-state index contributed by atoms with van der Waals surface area (Å²) in [4.78, 5) is 22.9. The number of hydrogen-bond donors (Lipinski definition) is 2. The van der Waals surface area contributed by atoms with E-state index in [1.807, 2.05) is 0 Å². The summed E-state index contributed by atoms with van der Waals surface area (Å²) >= 11 is 0. The van der Waals surface area contributed by atoms with Crippen LogP contribution in [0.25, 0.3) is 0 Å². The minimum Gasteiger partial charge on any atom is -0.480 e. The lowest BCUT2D eigenvalue weighted by atomic mass is 10.0. The lowest BCUT2D eigenvalue weighted by Crippen LogP contribution is -2.43. The summed E-state index contributed by atoms with van der Waals surface area (Å²) in [6.07, 6.45) is -5.94. The van der Waals surface area contributed by atoms with Gasteiger partial charge >= 0.3 is 18.4 Å². The van der Waals surface area contributed by atoms with Gasteiger partial charge in [0.1, 0.15) is 17.4 Å². The fourth-order valence-electron chi connectivity index (χ4n) is 1.94. The molecule has 1 amide bonds. The van der Waals surface area contributed by atoms with Crippen molar-refractivity contribution in [2.45, 2.75) is 51.6 Å². The third-order valence-corrected chi connectivity index (χ3v) is 2.89. The van der Waals surface area contributed by atoms with Gasteiger partial charge in [-0.1, -0.05) is 18.2 Å². The maximum atomic E-state index is 12.4. The first-order valence-corrected chi connectivity index (χ1v) is 7.43. The zero-order chi connectivity index (χ0) is 19.3. The summed E-state index contributed by atoms with van der Waals surface area (Å²) < 4.78 is 46.1. The van der Waals surface area contributed by atoms with Gasteiger partial charge in [-0.2, -0.15) is 0 Å². The molecule has 1 rings (SSSR count). The number of amides is 1. The minimum absolute atomic E-state index is 0.0426. The number of nitrogens with one attached hydrogen (secondary N) is 1. The van der Waals surface area contributed by atoms with Crippen LogP contribution in [0.15, 0.2) is 24.3 Å². The number of aliphatic carboxylic acids is 1. The molecule has 0 heterocycles. The van der Waals surface area contributed by atoms with Gasteiger partial charge in [0.2, 0.25) is 0 Å². The van der Waals surface area contributed by atoms with E-state index in [1.54, 1.807) is 20.8 Å². The highest BCUT2D eigenvalue weighted by atomic mass is 19.4. The number of carboxylic acid groups (broad SMARTS) is 1. The topological polar surface area (TPSA) is 84.9 Å². The van der Waals surface area contributed by atoms with Crippen LogP contribution in [-0.4, -0.2) is 35.2 Å². The van der Waals surface area contributed by atoms with E-state index in [2.05, 4.69) is 10.1 Å². The molecule has 0 fully saturated rings. The number of hydrogen-bond acceptors (Lipinski definition) is 4. The fourth-order valence-corrected chi connectivity index (χ4v) is 1.94. The SMILES string of the molecule is CC(C)(C)OC(=O)NC(CCc1ccccc1OC(F)(F)F)C(=O)O. The van der Waals surface area contributed by atoms with Gasteiger partial charge in [-0.25, -0.2) is 9.59 Å². The lowest BCUT2D eigenvalue weighted by Gasteiger charge is -2.22. The summed E-state index contributed by atoms with van der Waals surface area (Å²) in [7, 11) is 0. The molecule has 140 valence electrons. The Balaban J connectivity index is 2.76. The van der Waals surface area contributed by atoms with Crippen molar-refractivity contribution in [1.29, 1.82) is 0 Å². The smallest absolute Gasteiger partial charge is 0.480 e. The number of carbonyl (C=O) groups excluding carboxylic acids is 1. The summed E-state index contributed by atoms with van der Waals surface area (Å²) in [5.41, 5.74) is -0.627. The van der Waals surface area contributed by atoms with Crippen molar-refractivity contribution in [3.05, 3.63) is 29.8 Å². The predicted molar refractivity (Wildman–Crippen MR) is 82.2 cm³/mol. The summed E-state index contributed by atoms with van der Waals surface area (Å²) in [5.74, 6) is -1.73. The largest absolute Gasteiger partial charge is 0.573 e. The molecule has 0 bridgehead atoms. The minimum atomic E-state index is -4.85. The number of ether oxygens (including phenoxy) is 2. The Bertz CT molecular complexity index is 611. The molecule has 0 aliphatic rings. The Morgan fingerprint density at radius 2 is 1.80 bits per heavy atom. The molecule has 1 atom stereocenters. The molecule has 0 aliphatic carbocycles. The third kappa shape index (κ3) is 8.27. The second-order valence-corrected chi connectivity index (χ2v) is 6.23. The maximum Gasteiger partial charge on any atom is 0.573 e. The first kappa shape index (κ1) is 20.6. The maximum absolute atomic E-state index is 12.4. The van der Waals surface area contributed by atoms with E-state index < -0.39 is 35.8 Å². The predicted octanol–water partition coefficient (Wildman–Crippen LogP) is 3.50. The van der Waals surface area contributed by atoms with Crippen LogP contribution >= 0.6 is 0 Å². The Morgan fingerprint density at radius 3 is 2.32 bits per heavy atom. The van der Waals surface area contributed by atoms with E-state index in [0.717, 1.165) is 6.07 Å². The van der Waals surface area contributed by atoms with Crippen LogP contribution in [0.4, 0.5) is 18.0 Å². The Labute approximate surface area is 142 Å². The van der Waals surface area contributed by atoms with Crippen LogP contribution in [0.5, 0.6) is 5.75 Å². The molecule has 2 N–H and O–H groups in total. The molecule has 9 heteroatoms. The average Bonchev–Trinajstić information content (AvgIpc) is 2.40. The number of aryl methyl sites for hydroxylation is 1. The number of halogens is 3. The van der Waals surface area contributed by atoms with Crippen molar-refractivity contribution in [3.63, 3.8) is 0 Å². The molecule has 1 aromatic rings. The highest BCUT2D eigenvalue weighted by Crippen LogP contribution is 2.27. The van der Waals surface area contributed by atoms with Crippen molar-refractivity contribution in [1.82, 2.24) is 5.32 Å². The Kier molecular flexibility index (Phi) is 6.66. The Morgan fingerprint density at radius 1 is 1.20 bits per heavy atom. The van der Waals surface area contributed by atoms with Crippen LogP contribution in [0.1, 0.15) is 32.8 Å². The van der Waals surface area contributed by atoms with Gasteiger partial charge in [0.15, 0.2) is 0 Å². The third-order valence-electron chi connectivity index (χ3n) is 2.89. The van der Waals surface area contributed by atoms with Crippen molar-refractivity contribution in [3.8, 4) is 5.75 Å². The standard InChI is InChI=1S/C16H20F3NO5/c1-15(2,3)25-14(23)20-11(13(21)22)9-8-10-6-4-5-7-12(10)24-16(17,18)19/h4-7,11H,8-9H2,1-3H3,(H,20,23)(H,21,22). The van der Waals surface area contributed by atoms with E-state index in [0.29, 0.717) is 0 Å². The fraction of sp³-hybridized carbons (Fsp3) is 0.500. The zero-order valence-electron chi connectivity index (χ0n) is 14.0. The zero-order valence-corrected chi connectivity index (χ0v) is 14.0. The number of alkyl carbamates (subject to hydrolysis) is 1. The van der Waals surface area contributed by atoms with E-state index in [9.17, 15) is 27.9 Å². The molecule has 0 radical (unpaired) electrons. The highest BCUT2D eigenvalue weighted by Gasteiger charge is 2.32. The first-order valence-electron chi connectivity index (χ1n) is 7.43. The Hall–Kier alpha value is -2.45. The molecule has 0 spiro atoms. The van der Waals surface area contributed by atoms with Crippen molar-refractivity contribution in [2.75, 3.05) is 0 Å². The molecular weight excluding hydrogens is 343 g/mol. The second kappa shape index (κ2) is 8.09. The van der Waals surface area contributed by atoms with Crippen LogP contribution < -0.4 is 10.1 Å². The molecule has 0 aliphatic heterocycles. The van der Waals surface area contributed by atoms with Crippen molar-refractivity contribution < 1.29 is 37.3 Å². The normalized spacial score (nSPS) is 13.0. The molecule has 25 heavy (non-hydrogen) atoms. The molecule has 1 unspecified atom stereocenters. The summed E-state index contributed by atoms with van der Waals surface area (Å²) in [5, 5.41) is 11.4. The van der Waals surface area contributed by atoms with Crippen LogP contribution in [0, 0.1) is 0 Å². The molecule has 0 aromatic heterocycles. The molecular formula is C16H20F3NO5. The quantitative estimate of drug-likeness (QED) is 0.808. The number of rotatable bonds is 6.